The highest BCUT2D eigenvalue weighted by atomic mass is 32.2. The molecule has 1 N–H and O–H groups in total. The first-order valence-corrected chi connectivity index (χ1v) is 10.4. The molecule has 1 aliphatic rings. The van der Waals surface area contributed by atoms with E-state index in [1.165, 1.54) is 4.90 Å². The maximum absolute atomic E-state index is 13.0. The van der Waals surface area contributed by atoms with E-state index in [1.54, 1.807) is 12.1 Å². The van der Waals surface area contributed by atoms with Crippen molar-refractivity contribution in [1.29, 1.82) is 0 Å². The summed E-state index contributed by atoms with van der Waals surface area (Å²) in [6.07, 6.45) is 1.78. The highest BCUT2D eigenvalue weighted by molar-refractivity contribution is 8.26. The zero-order valence-corrected chi connectivity index (χ0v) is 17.4. The van der Waals surface area contributed by atoms with Gasteiger partial charge in [0.05, 0.1) is 4.91 Å². The Labute approximate surface area is 183 Å². The number of aliphatic carboxylic acids is 1. The molecule has 0 saturated carbocycles. The zero-order chi connectivity index (χ0) is 21.1. The van der Waals surface area contributed by atoms with Gasteiger partial charge in [-0.3, -0.25) is 9.69 Å². The third-order valence-electron chi connectivity index (χ3n) is 4.65. The molecule has 2 heterocycles. The SMILES string of the molecule is O=C(O)[C@H](Cc1ccccc1)N1C(=O)/C(=C\c2ccc(-c3ccccc3)o2)SC1=S. The van der Waals surface area contributed by atoms with Gasteiger partial charge < -0.3 is 9.52 Å². The third kappa shape index (κ3) is 4.22. The molecule has 0 radical (unpaired) electrons. The molecule has 0 unspecified atom stereocenters. The van der Waals surface area contributed by atoms with Crippen molar-refractivity contribution in [3.8, 4) is 11.3 Å². The molecule has 150 valence electrons. The third-order valence-corrected chi connectivity index (χ3v) is 5.98. The standard InChI is InChI=1S/C23H17NO4S2/c25-21-20(14-17-11-12-19(28-17)16-9-5-2-6-10-16)30-23(29)24(21)18(22(26)27)13-15-7-3-1-4-8-15/h1-12,14,18H,13H2,(H,26,27)/b20-14+/t18-/m0/s1. The van der Waals surface area contributed by atoms with Gasteiger partial charge in [-0.25, -0.2) is 4.79 Å². The van der Waals surface area contributed by atoms with Crippen molar-refractivity contribution in [2.45, 2.75) is 12.5 Å². The number of benzene rings is 2. The van der Waals surface area contributed by atoms with Crippen LogP contribution in [0.25, 0.3) is 17.4 Å². The van der Waals surface area contributed by atoms with Gasteiger partial charge in [0.15, 0.2) is 0 Å². The molecule has 5 nitrogen and oxygen atoms in total. The molecular weight excluding hydrogens is 418 g/mol. The molecule has 2 aromatic carbocycles. The first kappa shape index (κ1) is 20.1. The second-order valence-corrected chi connectivity index (χ2v) is 8.34. The summed E-state index contributed by atoms with van der Waals surface area (Å²) < 4.78 is 6.06. The van der Waals surface area contributed by atoms with Crippen molar-refractivity contribution in [2.75, 3.05) is 0 Å². The predicted molar refractivity (Wildman–Crippen MR) is 121 cm³/mol. The molecule has 1 saturated heterocycles. The van der Waals surface area contributed by atoms with Crippen molar-refractivity contribution in [1.82, 2.24) is 4.90 Å². The molecule has 30 heavy (non-hydrogen) atoms. The molecule has 0 spiro atoms. The minimum absolute atomic E-state index is 0.175. The van der Waals surface area contributed by atoms with Gasteiger partial charge >= 0.3 is 5.97 Å². The van der Waals surface area contributed by atoms with Crippen LogP contribution in [0.5, 0.6) is 0 Å². The topological polar surface area (TPSA) is 70.8 Å². The van der Waals surface area contributed by atoms with E-state index in [0.717, 1.165) is 22.9 Å². The van der Waals surface area contributed by atoms with Crippen molar-refractivity contribution in [2.24, 2.45) is 0 Å². The van der Waals surface area contributed by atoms with Crippen LogP contribution in [0.2, 0.25) is 0 Å². The lowest BCUT2D eigenvalue weighted by atomic mass is 10.0. The average molecular weight is 436 g/mol. The molecule has 1 amide bonds. The number of rotatable bonds is 6. The summed E-state index contributed by atoms with van der Waals surface area (Å²) in [7, 11) is 0. The summed E-state index contributed by atoms with van der Waals surface area (Å²) in [5.74, 6) is -0.333. The number of thiocarbonyl (C=S) groups is 1. The van der Waals surface area contributed by atoms with Gasteiger partial charge in [0.25, 0.3) is 5.91 Å². The van der Waals surface area contributed by atoms with E-state index < -0.39 is 17.9 Å². The quantitative estimate of drug-likeness (QED) is 0.441. The number of carboxylic acid groups (broad SMARTS) is 1. The molecular formula is C23H17NO4S2. The Hall–Kier alpha value is -3.16. The van der Waals surface area contributed by atoms with Crippen molar-refractivity contribution >= 4 is 46.3 Å². The Morgan fingerprint density at radius 2 is 1.73 bits per heavy atom. The molecule has 0 bridgehead atoms. The largest absolute Gasteiger partial charge is 0.480 e. The average Bonchev–Trinajstić information content (AvgIpc) is 3.32. The van der Waals surface area contributed by atoms with Gasteiger partial charge in [-0.2, -0.15) is 0 Å². The highest BCUT2D eigenvalue weighted by Gasteiger charge is 2.40. The normalized spacial score (nSPS) is 16.3. The Bertz CT molecular complexity index is 1120. The number of carboxylic acids is 1. The van der Waals surface area contributed by atoms with Gasteiger partial charge in [0.2, 0.25) is 0 Å². The van der Waals surface area contributed by atoms with Crippen LogP contribution in [0.15, 0.2) is 82.1 Å². The van der Waals surface area contributed by atoms with Gasteiger partial charge in [-0.1, -0.05) is 84.6 Å². The van der Waals surface area contributed by atoms with E-state index in [9.17, 15) is 14.7 Å². The summed E-state index contributed by atoms with van der Waals surface area (Å²) in [5, 5.41) is 9.74. The lowest BCUT2D eigenvalue weighted by Gasteiger charge is -2.23. The van der Waals surface area contributed by atoms with Crippen LogP contribution >= 0.6 is 24.0 Å². The van der Waals surface area contributed by atoms with E-state index in [0.29, 0.717) is 16.4 Å². The summed E-state index contributed by atoms with van der Waals surface area (Å²) in [6.45, 7) is 0. The van der Waals surface area contributed by atoms with Gasteiger partial charge in [-0.05, 0) is 17.7 Å². The lowest BCUT2D eigenvalue weighted by Crippen LogP contribution is -2.45. The number of nitrogens with zero attached hydrogens (tertiary/aromatic N) is 1. The smallest absolute Gasteiger partial charge is 0.327 e. The van der Waals surface area contributed by atoms with Crippen molar-refractivity contribution in [3.63, 3.8) is 0 Å². The van der Waals surface area contributed by atoms with Crippen molar-refractivity contribution in [3.05, 3.63) is 89.0 Å². The maximum Gasteiger partial charge on any atom is 0.327 e. The Morgan fingerprint density at radius 1 is 1.07 bits per heavy atom. The predicted octanol–water partition coefficient (Wildman–Crippen LogP) is 4.84. The Balaban J connectivity index is 1.57. The van der Waals surface area contributed by atoms with Crippen LogP contribution in [0, 0.1) is 0 Å². The molecule has 1 aromatic heterocycles. The number of furan rings is 1. The monoisotopic (exact) mass is 435 g/mol. The van der Waals surface area contributed by atoms with E-state index in [2.05, 4.69) is 0 Å². The molecule has 0 aliphatic carbocycles. The highest BCUT2D eigenvalue weighted by Crippen LogP contribution is 2.35. The van der Waals surface area contributed by atoms with Crippen LogP contribution < -0.4 is 0 Å². The van der Waals surface area contributed by atoms with E-state index in [-0.39, 0.29) is 10.7 Å². The van der Waals surface area contributed by atoms with Crippen LogP contribution in [-0.2, 0) is 16.0 Å². The zero-order valence-electron chi connectivity index (χ0n) is 15.7. The van der Waals surface area contributed by atoms with Gasteiger partial charge in [-0.15, -0.1) is 0 Å². The maximum atomic E-state index is 13.0. The number of amides is 1. The number of thioether (sulfide) groups is 1. The number of hydrogen-bond donors (Lipinski definition) is 1. The summed E-state index contributed by atoms with van der Waals surface area (Å²) in [5.41, 5.74) is 1.75. The molecule has 4 rings (SSSR count). The molecule has 7 heteroatoms. The Morgan fingerprint density at radius 3 is 2.40 bits per heavy atom. The molecule has 1 fully saturated rings. The molecule has 1 atom stereocenters. The fourth-order valence-electron chi connectivity index (χ4n) is 3.19. The number of carbonyl (C=O) groups is 2. The van der Waals surface area contributed by atoms with E-state index >= 15 is 0 Å². The minimum Gasteiger partial charge on any atom is -0.480 e. The first-order chi connectivity index (χ1) is 14.5. The van der Waals surface area contributed by atoms with Crippen LogP contribution in [0.1, 0.15) is 11.3 Å². The Kier molecular flexibility index (Phi) is 5.83. The second-order valence-electron chi connectivity index (χ2n) is 6.66. The van der Waals surface area contributed by atoms with E-state index in [1.807, 2.05) is 66.7 Å². The second kappa shape index (κ2) is 8.69. The minimum atomic E-state index is -1.10. The number of carbonyl (C=O) groups excluding carboxylic acids is 1. The molecule has 1 aliphatic heterocycles. The van der Waals surface area contributed by atoms with Gasteiger partial charge in [0.1, 0.15) is 21.9 Å². The van der Waals surface area contributed by atoms with Crippen LogP contribution in [0.4, 0.5) is 0 Å². The summed E-state index contributed by atoms with van der Waals surface area (Å²) in [4.78, 5) is 26.4. The first-order valence-electron chi connectivity index (χ1n) is 9.22. The van der Waals surface area contributed by atoms with E-state index in [4.69, 9.17) is 16.6 Å². The fourth-order valence-corrected chi connectivity index (χ4v) is 4.53. The van der Waals surface area contributed by atoms with Gasteiger partial charge in [0, 0.05) is 18.1 Å². The lowest BCUT2D eigenvalue weighted by molar-refractivity contribution is -0.145. The summed E-state index contributed by atoms with van der Waals surface area (Å²) >= 11 is 6.42. The number of hydrogen-bond acceptors (Lipinski definition) is 5. The summed E-state index contributed by atoms with van der Waals surface area (Å²) in [6, 6.07) is 21.3. The van der Waals surface area contributed by atoms with Crippen LogP contribution in [0.3, 0.4) is 0 Å². The van der Waals surface area contributed by atoms with Crippen molar-refractivity contribution < 1.29 is 19.1 Å². The molecule has 3 aromatic rings. The van der Waals surface area contributed by atoms with Crippen LogP contribution in [-0.4, -0.2) is 32.2 Å². The fraction of sp³-hybridized carbons (Fsp3) is 0.0870.